The average molecular weight is 365 g/mol. The first-order chi connectivity index (χ1) is 12.4. The lowest BCUT2D eigenvalue weighted by molar-refractivity contribution is -0.137. The first-order valence-corrected chi connectivity index (χ1v) is 8.21. The summed E-state index contributed by atoms with van der Waals surface area (Å²) in [5, 5.41) is 5.74. The number of benzene rings is 1. The number of hydrogen-bond acceptors (Lipinski definition) is 4. The molecule has 1 aromatic heterocycles. The molecule has 0 spiro atoms. The van der Waals surface area contributed by atoms with Gasteiger partial charge in [-0.25, -0.2) is 4.98 Å². The lowest BCUT2D eigenvalue weighted by Crippen LogP contribution is -2.28. The quantitative estimate of drug-likeness (QED) is 0.852. The third kappa shape index (κ3) is 4.72. The lowest BCUT2D eigenvalue weighted by Gasteiger charge is -2.20. The molecule has 1 amide bonds. The molecule has 2 aromatic rings. The van der Waals surface area contributed by atoms with Crippen LogP contribution in [0.2, 0.25) is 0 Å². The van der Waals surface area contributed by atoms with E-state index in [2.05, 4.69) is 15.6 Å². The van der Waals surface area contributed by atoms with Crippen molar-refractivity contribution in [3.8, 4) is 0 Å². The van der Waals surface area contributed by atoms with Crippen LogP contribution in [0.5, 0.6) is 0 Å². The molecule has 1 aliphatic heterocycles. The summed E-state index contributed by atoms with van der Waals surface area (Å²) in [6.07, 6.45) is -1.46. The Morgan fingerprint density at radius 2 is 1.69 bits per heavy atom. The maximum atomic E-state index is 12.6. The van der Waals surface area contributed by atoms with E-state index in [1.54, 1.807) is 12.1 Å². The Balaban J connectivity index is 1.58. The molecule has 1 saturated heterocycles. The largest absolute Gasteiger partial charge is 0.416 e. The summed E-state index contributed by atoms with van der Waals surface area (Å²) in [7, 11) is 0. The molecule has 26 heavy (non-hydrogen) atoms. The fourth-order valence-electron chi connectivity index (χ4n) is 2.64. The minimum absolute atomic E-state index is 0.0736. The number of pyridine rings is 1. The van der Waals surface area contributed by atoms with Gasteiger partial charge in [0.2, 0.25) is 5.91 Å². The fraction of sp³-hybridized carbons (Fsp3) is 0.333. The van der Waals surface area contributed by atoms with Crippen LogP contribution in [-0.2, 0) is 15.7 Å². The minimum atomic E-state index is -4.36. The van der Waals surface area contributed by atoms with E-state index >= 15 is 0 Å². The third-order valence-electron chi connectivity index (χ3n) is 4.11. The highest BCUT2D eigenvalue weighted by Crippen LogP contribution is 2.30. The summed E-state index contributed by atoms with van der Waals surface area (Å²) in [4.78, 5) is 16.3. The molecule has 0 atom stereocenters. The number of rotatable bonds is 4. The number of alkyl halides is 3. The van der Waals surface area contributed by atoms with Crippen molar-refractivity contribution in [2.24, 2.45) is 5.92 Å². The summed E-state index contributed by atoms with van der Waals surface area (Å²) < 4.78 is 42.9. The molecule has 0 saturated carbocycles. The zero-order valence-corrected chi connectivity index (χ0v) is 13.8. The Kier molecular flexibility index (Phi) is 5.41. The number of ether oxygens (including phenoxy) is 1. The number of halogens is 3. The molecule has 0 unspecified atom stereocenters. The normalized spacial score (nSPS) is 15.5. The first kappa shape index (κ1) is 18.2. The van der Waals surface area contributed by atoms with Crippen molar-refractivity contribution in [2.75, 3.05) is 23.8 Å². The van der Waals surface area contributed by atoms with Gasteiger partial charge in [0.15, 0.2) is 0 Å². The van der Waals surface area contributed by atoms with E-state index in [1.165, 1.54) is 18.3 Å². The van der Waals surface area contributed by atoms with Crippen LogP contribution in [0, 0.1) is 5.92 Å². The molecule has 2 N–H and O–H groups in total. The van der Waals surface area contributed by atoms with Crippen molar-refractivity contribution in [1.29, 1.82) is 0 Å². The van der Waals surface area contributed by atoms with Gasteiger partial charge < -0.3 is 15.4 Å². The summed E-state index contributed by atoms with van der Waals surface area (Å²) in [6.45, 7) is 1.17. The predicted octanol–water partition coefficient (Wildman–Crippen LogP) is 4.21. The van der Waals surface area contributed by atoms with Crippen molar-refractivity contribution in [3.05, 3.63) is 48.2 Å². The van der Waals surface area contributed by atoms with E-state index in [4.69, 9.17) is 4.74 Å². The molecule has 0 aliphatic carbocycles. The van der Waals surface area contributed by atoms with Gasteiger partial charge in [-0.3, -0.25) is 4.79 Å². The zero-order chi connectivity index (χ0) is 18.6. The molecule has 1 fully saturated rings. The number of hydrogen-bond donors (Lipinski definition) is 2. The standard InChI is InChI=1S/C18H18F3N3O2/c19-18(20,21)13-1-3-14(4-2-13)23-15-5-6-16(22-11-15)24-17(25)12-7-9-26-10-8-12/h1-6,11-12,23H,7-10H2,(H,22,24,25). The SMILES string of the molecule is O=C(Nc1ccc(Nc2ccc(C(F)(F)F)cc2)cn1)C1CCOCC1. The van der Waals surface area contributed by atoms with Crippen molar-refractivity contribution in [2.45, 2.75) is 19.0 Å². The molecule has 5 nitrogen and oxygen atoms in total. The number of anilines is 3. The zero-order valence-electron chi connectivity index (χ0n) is 13.8. The molecule has 1 aromatic carbocycles. The van der Waals surface area contributed by atoms with Crippen LogP contribution in [0.1, 0.15) is 18.4 Å². The van der Waals surface area contributed by atoms with E-state index < -0.39 is 11.7 Å². The summed E-state index contributed by atoms with van der Waals surface area (Å²) >= 11 is 0. The lowest BCUT2D eigenvalue weighted by atomic mass is 9.99. The second kappa shape index (κ2) is 7.74. The van der Waals surface area contributed by atoms with Gasteiger partial charge in [0.1, 0.15) is 5.82 Å². The Morgan fingerprint density at radius 1 is 1.04 bits per heavy atom. The Hall–Kier alpha value is -2.61. The molecule has 1 aliphatic rings. The van der Waals surface area contributed by atoms with Crippen LogP contribution >= 0.6 is 0 Å². The number of aromatic nitrogens is 1. The Labute approximate surface area is 148 Å². The van der Waals surface area contributed by atoms with Gasteiger partial charge in [0, 0.05) is 24.8 Å². The molecular weight excluding hydrogens is 347 g/mol. The third-order valence-corrected chi connectivity index (χ3v) is 4.11. The second-order valence-electron chi connectivity index (χ2n) is 6.01. The summed E-state index contributed by atoms with van der Waals surface area (Å²) in [5.41, 5.74) is 0.417. The molecule has 3 rings (SSSR count). The summed E-state index contributed by atoms with van der Waals surface area (Å²) in [5.74, 6) is 0.277. The Morgan fingerprint density at radius 3 is 2.27 bits per heavy atom. The number of amides is 1. The van der Waals surface area contributed by atoms with Crippen LogP contribution in [0.4, 0.5) is 30.4 Å². The molecule has 0 bridgehead atoms. The smallest absolute Gasteiger partial charge is 0.381 e. The maximum Gasteiger partial charge on any atom is 0.416 e. The van der Waals surface area contributed by atoms with Crippen molar-refractivity contribution >= 4 is 23.1 Å². The first-order valence-electron chi connectivity index (χ1n) is 8.21. The second-order valence-corrected chi connectivity index (χ2v) is 6.01. The summed E-state index contributed by atoms with van der Waals surface area (Å²) in [6, 6.07) is 8.07. The van der Waals surface area contributed by atoms with Gasteiger partial charge in [-0.15, -0.1) is 0 Å². The van der Waals surface area contributed by atoms with Crippen LogP contribution in [-0.4, -0.2) is 24.1 Å². The van der Waals surface area contributed by atoms with Gasteiger partial charge >= 0.3 is 6.18 Å². The van der Waals surface area contributed by atoms with Gasteiger partial charge in [0.25, 0.3) is 0 Å². The van der Waals surface area contributed by atoms with E-state index in [1.807, 2.05) is 0 Å². The fourth-order valence-corrected chi connectivity index (χ4v) is 2.64. The van der Waals surface area contributed by atoms with E-state index in [9.17, 15) is 18.0 Å². The van der Waals surface area contributed by atoms with Crippen molar-refractivity contribution in [3.63, 3.8) is 0 Å². The van der Waals surface area contributed by atoms with Crippen LogP contribution in [0.3, 0.4) is 0 Å². The minimum Gasteiger partial charge on any atom is -0.381 e. The Bertz CT molecular complexity index is 740. The van der Waals surface area contributed by atoms with Gasteiger partial charge in [-0.2, -0.15) is 13.2 Å². The topological polar surface area (TPSA) is 63.2 Å². The predicted molar refractivity (Wildman–Crippen MR) is 91.1 cm³/mol. The number of carbonyl (C=O) groups excluding carboxylic acids is 1. The maximum absolute atomic E-state index is 12.6. The molecule has 2 heterocycles. The number of nitrogens with zero attached hydrogens (tertiary/aromatic N) is 1. The molecule has 8 heteroatoms. The van der Waals surface area contributed by atoms with Crippen LogP contribution in [0.25, 0.3) is 0 Å². The highest BCUT2D eigenvalue weighted by atomic mass is 19.4. The average Bonchev–Trinajstić information content (AvgIpc) is 2.64. The van der Waals surface area contributed by atoms with Gasteiger partial charge in [0.05, 0.1) is 17.4 Å². The molecular formula is C18H18F3N3O2. The monoisotopic (exact) mass is 365 g/mol. The van der Waals surface area contributed by atoms with Crippen LogP contribution in [0.15, 0.2) is 42.6 Å². The molecule has 0 radical (unpaired) electrons. The van der Waals surface area contributed by atoms with E-state index in [0.29, 0.717) is 43.2 Å². The van der Waals surface area contributed by atoms with Crippen molar-refractivity contribution in [1.82, 2.24) is 4.98 Å². The van der Waals surface area contributed by atoms with E-state index in [0.717, 1.165) is 12.1 Å². The van der Waals surface area contributed by atoms with Gasteiger partial charge in [-0.1, -0.05) is 0 Å². The van der Waals surface area contributed by atoms with Crippen molar-refractivity contribution < 1.29 is 22.7 Å². The number of nitrogens with one attached hydrogen (secondary N) is 2. The highest BCUT2D eigenvalue weighted by molar-refractivity contribution is 5.91. The van der Waals surface area contributed by atoms with Crippen LogP contribution < -0.4 is 10.6 Å². The highest BCUT2D eigenvalue weighted by Gasteiger charge is 2.29. The number of carbonyl (C=O) groups is 1. The molecule has 138 valence electrons. The van der Waals surface area contributed by atoms with E-state index in [-0.39, 0.29) is 11.8 Å². The van der Waals surface area contributed by atoms with Gasteiger partial charge in [-0.05, 0) is 49.2 Å².